The van der Waals surface area contributed by atoms with Crippen molar-refractivity contribution in [2.75, 3.05) is 21.3 Å². The van der Waals surface area contributed by atoms with Crippen LogP contribution in [0.2, 0.25) is 0 Å². The number of nitrogens with zero attached hydrogens (tertiary/aromatic N) is 3. The van der Waals surface area contributed by atoms with Crippen molar-refractivity contribution in [1.29, 1.82) is 5.26 Å². The Labute approximate surface area is 155 Å². The van der Waals surface area contributed by atoms with E-state index >= 15 is 0 Å². The van der Waals surface area contributed by atoms with Crippen molar-refractivity contribution in [2.45, 2.75) is 6.61 Å². The Hall–Kier alpha value is -3.73. The maximum Gasteiger partial charge on any atom is 0.264 e. The fourth-order valence-corrected chi connectivity index (χ4v) is 2.40. The number of hydrogen-bond acceptors (Lipinski definition) is 8. The summed E-state index contributed by atoms with van der Waals surface area (Å²) in [4.78, 5) is 4.33. The monoisotopic (exact) mass is 367 g/mol. The number of ether oxygens (including phenoxy) is 4. The van der Waals surface area contributed by atoms with Crippen LogP contribution in [-0.2, 0) is 6.61 Å². The van der Waals surface area contributed by atoms with Gasteiger partial charge in [-0.1, -0.05) is 5.16 Å². The summed E-state index contributed by atoms with van der Waals surface area (Å²) in [5.74, 6) is 2.81. The predicted molar refractivity (Wildman–Crippen MR) is 94.9 cm³/mol. The first-order valence-corrected chi connectivity index (χ1v) is 7.94. The van der Waals surface area contributed by atoms with Gasteiger partial charge >= 0.3 is 0 Å². The highest BCUT2D eigenvalue weighted by Crippen LogP contribution is 2.32. The van der Waals surface area contributed by atoms with E-state index in [1.807, 2.05) is 6.07 Å². The van der Waals surface area contributed by atoms with E-state index in [4.69, 9.17) is 28.7 Å². The normalized spacial score (nSPS) is 10.1. The third kappa shape index (κ3) is 3.93. The van der Waals surface area contributed by atoms with Gasteiger partial charge in [-0.3, -0.25) is 0 Å². The molecule has 8 nitrogen and oxygen atoms in total. The van der Waals surface area contributed by atoms with E-state index < -0.39 is 0 Å². The number of nitriles is 1. The second-order valence-electron chi connectivity index (χ2n) is 5.34. The summed E-state index contributed by atoms with van der Waals surface area (Å²) in [6.07, 6.45) is 0. The lowest BCUT2D eigenvalue weighted by Crippen LogP contribution is -1.98. The van der Waals surface area contributed by atoms with Crippen molar-refractivity contribution in [1.82, 2.24) is 10.1 Å². The summed E-state index contributed by atoms with van der Waals surface area (Å²) in [6, 6.07) is 12.2. The summed E-state index contributed by atoms with van der Waals surface area (Å²) in [6.45, 7) is 0.0493. The summed E-state index contributed by atoms with van der Waals surface area (Å²) in [7, 11) is 4.64. The van der Waals surface area contributed by atoms with Crippen molar-refractivity contribution in [3.05, 3.63) is 47.9 Å². The Morgan fingerprint density at radius 1 is 0.963 bits per heavy atom. The van der Waals surface area contributed by atoms with E-state index in [0.29, 0.717) is 39.9 Å². The van der Waals surface area contributed by atoms with Crippen molar-refractivity contribution < 1.29 is 23.5 Å². The smallest absolute Gasteiger partial charge is 0.264 e. The molecule has 27 heavy (non-hydrogen) atoms. The van der Waals surface area contributed by atoms with Gasteiger partial charge in [0.15, 0.2) is 18.1 Å². The van der Waals surface area contributed by atoms with E-state index in [1.54, 1.807) is 50.6 Å². The van der Waals surface area contributed by atoms with Crippen molar-refractivity contribution in [2.24, 2.45) is 0 Å². The van der Waals surface area contributed by atoms with Gasteiger partial charge in [0.1, 0.15) is 11.5 Å². The minimum atomic E-state index is 0.0493. The summed E-state index contributed by atoms with van der Waals surface area (Å²) in [5, 5.41) is 12.9. The van der Waals surface area contributed by atoms with Gasteiger partial charge in [-0.2, -0.15) is 10.2 Å². The second kappa shape index (κ2) is 8.10. The van der Waals surface area contributed by atoms with Crippen LogP contribution in [0, 0.1) is 11.3 Å². The summed E-state index contributed by atoms with van der Waals surface area (Å²) < 4.78 is 26.7. The zero-order chi connectivity index (χ0) is 19.2. The molecule has 0 amide bonds. The van der Waals surface area contributed by atoms with Crippen molar-refractivity contribution in [3.8, 4) is 40.5 Å². The van der Waals surface area contributed by atoms with Gasteiger partial charge in [0.2, 0.25) is 5.82 Å². The molecule has 0 radical (unpaired) electrons. The van der Waals surface area contributed by atoms with Crippen LogP contribution in [0.1, 0.15) is 11.5 Å². The molecule has 0 saturated heterocycles. The molecule has 0 atom stereocenters. The molecule has 3 aromatic rings. The maximum absolute atomic E-state index is 8.95. The molecular formula is C19H17N3O5. The lowest BCUT2D eigenvalue weighted by molar-refractivity contribution is 0.233. The molecular weight excluding hydrogens is 350 g/mol. The molecule has 138 valence electrons. The van der Waals surface area contributed by atoms with Gasteiger partial charge in [0.05, 0.1) is 38.5 Å². The molecule has 2 aromatic carbocycles. The van der Waals surface area contributed by atoms with Crippen LogP contribution in [0.3, 0.4) is 0 Å². The summed E-state index contributed by atoms with van der Waals surface area (Å²) in [5.41, 5.74) is 1.15. The topological polar surface area (TPSA) is 99.6 Å². The fraction of sp³-hybridized carbons (Fsp3) is 0.211. The third-order valence-corrected chi connectivity index (χ3v) is 3.76. The van der Waals surface area contributed by atoms with Gasteiger partial charge in [-0.25, -0.2) is 0 Å². The zero-order valence-electron chi connectivity index (χ0n) is 15.1. The van der Waals surface area contributed by atoms with Crippen LogP contribution in [0.25, 0.3) is 11.4 Å². The minimum absolute atomic E-state index is 0.0493. The second-order valence-corrected chi connectivity index (χ2v) is 5.34. The molecule has 0 saturated carbocycles. The highest BCUT2D eigenvalue weighted by Gasteiger charge is 2.15. The van der Waals surface area contributed by atoms with E-state index in [1.165, 1.54) is 7.11 Å². The molecule has 0 aliphatic carbocycles. The van der Waals surface area contributed by atoms with E-state index in [0.717, 1.165) is 0 Å². The highest BCUT2D eigenvalue weighted by atomic mass is 16.5. The molecule has 8 heteroatoms. The SMILES string of the molecule is COc1ccc(-c2noc(COc3ccc(C#N)cc3OC)n2)c(OC)c1. The van der Waals surface area contributed by atoms with E-state index in [2.05, 4.69) is 10.1 Å². The molecule has 1 heterocycles. The Balaban J connectivity index is 1.77. The van der Waals surface area contributed by atoms with Crippen molar-refractivity contribution >= 4 is 0 Å². The summed E-state index contributed by atoms with van der Waals surface area (Å²) >= 11 is 0. The van der Waals surface area contributed by atoms with Gasteiger partial charge in [0.25, 0.3) is 5.89 Å². The quantitative estimate of drug-likeness (QED) is 0.627. The zero-order valence-corrected chi connectivity index (χ0v) is 15.1. The molecule has 0 spiro atoms. The Kier molecular flexibility index (Phi) is 5.42. The van der Waals surface area contributed by atoms with Gasteiger partial charge < -0.3 is 23.5 Å². The first-order chi connectivity index (χ1) is 13.2. The van der Waals surface area contributed by atoms with Gasteiger partial charge in [0, 0.05) is 12.1 Å². The van der Waals surface area contributed by atoms with Crippen LogP contribution in [0.5, 0.6) is 23.0 Å². The van der Waals surface area contributed by atoms with Crippen LogP contribution < -0.4 is 18.9 Å². The van der Waals surface area contributed by atoms with E-state index in [9.17, 15) is 0 Å². The Bertz CT molecular complexity index is 978. The molecule has 0 fully saturated rings. The molecule has 0 unspecified atom stereocenters. The third-order valence-electron chi connectivity index (χ3n) is 3.76. The predicted octanol–water partition coefficient (Wildman–Crippen LogP) is 3.21. The van der Waals surface area contributed by atoms with Crippen LogP contribution in [0.4, 0.5) is 0 Å². The molecule has 1 aromatic heterocycles. The Morgan fingerprint density at radius 3 is 2.48 bits per heavy atom. The average molecular weight is 367 g/mol. The van der Waals surface area contributed by atoms with Crippen LogP contribution in [-0.4, -0.2) is 31.5 Å². The number of benzene rings is 2. The molecule has 0 aliphatic rings. The molecule has 3 rings (SSSR count). The first-order valence-electron chi connectivity index (χ1n) is 7.94. The average Bonchev–Trinajstić information content (AvgIpc) is 3.20. The molecule has 0 N–H and O–H groups in total. The highest BCUT2D eigenvalue weighted by molar-refractivity contribution is 5.65. The number of hydrogen-bond donors (Lipinski definition) is 0. The van der Waals surface area contributed by atoms with Crippen LogP contribution in [0.15, 0.2) is 40.9 Å². The number of rotatable bonds is 7. The maximum atomic E-state index is 8.95. The molecule has 0 bridgehead atoms. The lowest BCUT2D eigenvalue weighted by atomic mass is 10.2. The standard InChI is InChI=1S/C19H17N3O5/c1-23-13-5-6-14(16(9-13)24-2)19-21-18(27-22-19)11-26-15-7-4-12(10-20)8-17(15)25-3/h4-9H,11H2,1-3H3. The lowest BCUT2D eigenvalue weighted by Gasteiger charge is -2.09. The van der Waals surface area contributed by atoms with Gasteiger partial charge in [-0.05, 0) is 24.3 Å². The van der Waals surface area contributed by atoms with Gasteiger partial charge in [-0.15, -0.1) is 0 Å². The molecule has 0 aliphatic heterocycles. The Morgan fingerprint density at radius 2 is 1.78 bits per heavy atom. The van der Waals surface area contributed by atoms with Crippen molar-refractivity contribution in [3.63, 3.8) is 0 Å². The van der Waals surface area contributed by atoms with E-state index in [-0.39, 0.29) is 12.5 Å². The first kappa shape index (κ1) is 18.1. The van der Waals surface area contributed by atoms with Crippen LogP contribution >= 0.6 is 0 Å². The fourth-order valence-electron chi connectivity index (χ4n) is 2.40. The largest absolute Gasteiger partial charge is 0.497 e. The minimum Gasteiger partial charge on any atom is -0.497 e. The number of methoxy groups -OCH3 is 3. The number of aromatic nitrogens is 2.